The van der Waals surface area contributed by atoms with Crippen LogP contribution < -0.4 is 0 Å². The Balaban J connectivity index is 2.02. The van der Waals surface area contributed by atoms with Crippen LogP contribution in [0, 0.1) is 0 Å². The zero-order valence-electron chi connectivity index (χ0n) is 11.3. The molecule has 1 unspecified atom stereocenters. The minimum atomic E-state index is -3.65. The van der Waals surface area contributed by atoms with Crippen molar-refractivity contribution in [2.45, 2.75) is 17.4 Å². The summed E-state index contributed by atoms with van der Waals surface area (Å²) in [6.45, 7) is 0. The highest BCUT2D eigenvalue weighted by Crippen LogP contribution is 2.18. The van der Waals surface area contributed by atoms with E-state index in [-0.39, 0.29) is 11.3 Å². The molecule has 0 aliphatic rings. The Morgan fingerprint density at radius 3 is 2.05 bits per heavy atom. The number of carbonyl (C=O) groups excluding carboxylic acids is 1. The Morgan fingerprint density at radius 1 is 0.952 bits per heavy atom. The van der Waals surface area contributed by atoms with E-state index in [9.17, 15) is 18.3 Å². The molecule has 21 heavy (non-hydrogen) atoms. The van der Waals surface area contributed by atoms with E-state index in [2.05, 4.69) is 0 Å². The van der Waals surface area contributed by atoms with Crippen LogP contribution in [0.2, 0.25) is 0 Å². The lowest BCUT2D eigenvalue weighted by Crippen LogP contribution is -2.18. The van der Waals surface area contributed by atoms with Crippen LogP contribution in [0.5, 0.6) is 0 Å². The van der Waals surface area contributed by atoms with Gasteiger partial charge in [0.2, 0.25) is 0 Å². The fraction of sp³-hybridized carbons (Fsp3) is 0.188. The molecule has 0 radical (unpaired) electrons. The van der Waals surface area contributed by atoms with Gasteiger partial charge in [-0.05, 0) is 17.7 Å². The van der Waals surface area contributed by atoms with Crippen LogP contribution in [-0.2, 0) is 14.6 Å². The average molecular weight is 304 g/mol. The number of benzene rings is 2. The molecule has 1 atom stereocenters. The van der Waals surface area contributed by atoms with Gasteiger partial charge in [-0.3, -0.25) is 4.79 Å². The molecule has 0 saturated carbocycles. The molecule has 0 bridgehead atoms. The Hall–Kier alpha value is -1.98. The van der Waals surface area contributed by atoms with Gasteiger partial charge in [0.1, 0.15) is 5.75 Å². The lowest BCUT2D eigenvalue weighted by atomic mass is 10.1. The van der Waals surface area contributed by atoms with Crippen LogP contribution in [0.3, 0.4) is 0 Å². The van der Waals surface area contributed by atoms with Crippen LogP contribution >= 0.6 is 0 Å². The maximum Gasteiger partial charge on any atom is 0.185 e. The first-order valence-electron chi connectivity index (χ1n) is 6.51. The van der Waals surface area contributed by atoms with E-state index in [0.717, 1.165) is 0 Å². The zero-order valence-corrected chi connectivity index (χ0v) is 12.2. The van der Waals surface area contributed by atoms with Gasteiger partial charge in [-0.15, -0.1) is 0 Å². The first-order chi connectivity index (χ1) is 9.99. The maximum absolute atomic E-state index is 12.1. The third-order valence-corrected chi connectivity index (χ3v) is 4.75. The average Bonchev–Trinajstić information content (AvgIpc) is 2.48. The van der Waals surface area contributed by atoms with Gasteiger partial charge >= 0.3 is 0 Å². The van der Waals surface area contributed by atoms with Crippen molar-refractivity contribution in [1.29, 1.82) is 0 Å². The summed E-state index contributed by atoms with van der Waals surface area (Å²) < 4.78 is 24.1. The predicted molar refractivity (Wildman–Crippen MR) is 79.5 cm³/mol. The number of hydrogen-bond donors (Lipinski definition) is 1. The molecule has 5 heteroatoms. The van der Waals surface area contributed by atoms with Crippen LogP contribution in [0.1, 0.15) is 18.1 Å². The van der Waals surface area contributed by atoms with E-state index < -0.39 is 27.5 Å². The largest absolute Gasteiger partial charge is 0.388 e. The predicted octanol–water partition coefficient (Wildman–Crippen LogP) is 2.15. The van der Waals surface area contributed by atoms with Gasteiger partial charge in [-0.25, -0.2) is 8.42 Å². The smallest absolute Gasteiger partial charge is 0.185 e. The summed E-state index contributed by atoms with van der Waals surface area (Å²) in [6, 6.07) is 16.5. The Bertz CT molecular complexity index is 694. The van der Waals surface area contributed by atoms with Crippen LogP contribution in [0.4, 0.5) is 0 Å². The standard InChI is InChI=1S/C16H16O4S/c17-14(11-16(18)13-7-3-1-4-8-13)12-21(19,20)15-9-5-2-6-10-15/h1-10,16,18H,11-12H2. The molecule has 1 N–H and O–H groups in total. The fourth-order valence-electron chi connectivity index (χ4n) is 1.99. The Kier molecular flexibility index (Phi) is 4.88. The number of aliphatic hydroxyl groups excluding tert-OH is 1. The normalized spacial score (nSPS) is 12.8. The van der Waals surface area contributed by atoms with Crippen molar-refractivity contribution in [3.8, 4) is 0 Å². The molecule has 0 fully saturated rings. The molecule has 0 aromatic heterocycles. The van der Waals surface area contributed by atoms with Crippen molar-refractivity contribution in [3.05, 3.63) is 66.2 Å². The quantitative estimate of drug-likeness (QED) is 0.887. The molecule has 2 rings (SSSR count). The highest BCUT2D eigenvalue weighted by Gasteiger charge is 2.21. The Labute approximate surface area is 124 Å². The number of Topliss-reactive ketones (excluding diaryl/α,β-unsaturated/α-hetero) is 1. The summed E-state index contributed by atoms with van der Waals surface area (Å²) in [7, 11) is -3.65. The van der Waals surface area contributed by atoms with E-state index >= 15 is 0 Å². The molecule has 0 aliphatic carbocycles. The monoisotopic (exact) mass is 304 g/mol. The molecular formula is C16H16O4S. The molecule has 0 spiro atoms. The van der Waals surface area contributed by atoms with Gasteiger partial charge in [-0.2, -0.15) is 0 Å². The number of sulfone groups is 1. The number of hydrogen-bond acceptors (Lipinski definition) is 4. The molecular weight excluding hydrogens is 288 g/mol. The second-order valence-electron chi connectivity index (χ2n) is 4.74. The molecule has 2 aromatic carbocycles. The van der Waals surface area contributed by atoms with E-state index in [0.29, 0.717) is 5.56 Å². The van der Waals surface area contributed by atoms with Gasteiger partial charge in [0.15, 0.2) is 15.6 Å². The summed E-state index contributed by atoms with van der Waals surface area (Å²) in [6.07, 6.45) is -1.19. The summed E-state index contributed by atoms with van der Waals surface area (Å²) in [5.41, 5.74) is 0.600. The zero-order chi connectivity index (χ0) is 15.3. The molecule has 2 aromatic rings. The van der Waals surface area contributed by atoms with Crippen LogP contribution in [-0.4, -0.2) is 25.1 Å². The molecule has 110 valence electrons. The lowest BCUT2D eigenvalue weighted by molar-refractivity contribution is -0.118. The van der Waals surface area contributed by atoms with Gasteiger partial charge in [0.25, 0.3) is 0 Å². The van der Waals surface area contributed by atoms with E-state index in [1.54, 1.807) is 48.5 Å². The van der Waals surface area contributed by atoms with Gasteiger partial charge in [0.05, 0.1) is 11.0 Å². The second kappa shape index (κ2) is 6.65. The van der Waals surface area contributed by atoms with Crippen molar-refractivity contribution in [2.24, 2.45) is 0 Å². The molecule has 0 heterocycles. The lowest BCUT2D eigenvalue weighted by Gasteiger charge is -2.10. The first kappa shape index (κ1) is 15.4. The maximum atomic E-state index is 12.1. The minimum absolute atomic E-state index is 0.118. The highest BCUT2D eigenvalue weighted by atomic mass is 32.2. The number of rotatable bonds is 6. The number of aliphatic hydroxyl groups is 1. The van der Waals surface area contributed by atoms with Crippen molar-refractivity contribution >= 4 is 15.6 Å². The van der Waals surface area contributed by atoms with E-state index in [4.69, 9.17) is 0 Å². The van der Waals surface area contributed by atoms with E-state index in [1.165, 1.54) is 12.1 Å². The van der Waals surface area contributed by atoms with Gasteiger partial charge < -0.3 is 5.11 Å². The van der Waals surface area contributed by atoms with Crippen molar-refractivity contribution in [1.82, 2.24) is 0 Å². The van der Waals surface area contributed by atoms with E-state index in [1.807, 2.05) is 0 Å². The van der Waals surface area contributed by atoms with Gasteiger partial charge in [0, 0.05) is 6.42 Å². The number of carbonyl (C=O) groups is 1. The molecule has 0 aliphatic heterocycles. The highest BCUT2D eigenvalue weighted by molar-refractivity contribution is 7.92. The topological polar surface area (TPSA) is 71.4 Å². The first-order valence-corrected chi connectivity index (χ1v) is 8.17. The summed E-state index contributed by atoms with van der Waals surface area (Å²) >= 11 is 0. The Morgan fingerprint density at radius 2 is 1.48 bits per heavy atom. The third-order valence-electron chi connectivity index (χ3n) is 3.06. The van der Waals surface area contributed by atoms with Crippen LogP contribution in [0.15, 0.2) is 65.6 Å². The summed E-state index contributed by atoms with van der Waals surface area (Å²) in [4.78, 5) is 12.0. The van der Waals surface area contributed by atoms with Crippen molar-refractivity contribution < 1.29 is 18.3 Å². The second-order valence-corrected chi connectivity index (χ2v) is 6.73. The van der Waals surface area contributed by atoms with Crippen molar-refractivity contribution in [3.63, 3.8) is 0 Å². The van der Waals surface area contributed by atoms with Crippen molar-refractivity contribution in [2.75, 3.05) is 5.75 Å². The van der Waals surface area contributed by atoms with Crippen LogP contribution in [0.25, 0.3) is 0 Å². The summed E-state index contributed by atoms with van der Waals surface area (Å²) in [5, 5.41) is 9.94. The molecule has 0 saturated heterocycles. The molecule has 0 amide bonds. The van der Waals surface area contributed by atoms with Gasteiger partial charge in [-0.1, -0.05) is 48.5 Å². The molecule has 4 nitrogen and oxygen atoms in total. The summed E-state index contributed by atoms with van der Waals surface area (Å²) in [5.74, 6) is -1.10. The minimum Gasteiger partial charge on any atom is -0.388 e. The third kappa shape index (κ3) is 4.24. The SMILES string of the molecule is O=C(CC(O)c1ccccc1)CS(=O)(=O)c1ccccc1. The number of ketones is 1. The fourth-order valence-corrected chi connectivity index (χ4v) is 3.27.